The number of nitrogen functional groups attached to an aromatic ring is 1. The molecular weight excluding hydrogens is 314 g/mol. The Morgan fingerprint density at radius 2 is 2.24 bits per heavy atom. The van der Waals surface area contributed by atoms with Crippen LogP contribution in [0.5, 0.6) is 5.88 Å². The van der Waals surface area contributed by atoms with E-state index in [1.165, 1.54) is 16.7 Å². The van der Waals surface area contributed by atoms with Gasteiger partial charge in [0.25, 0.3) is 5.88 Å². The summed E-state index contributed by atoms with van der Waals surface area (Å²) in [4.78, 5) is 11.3. The zero-order chi connectivity index (χ0) is 17.4. The van der Waals surface area contributed by atoms with Crippen molar-refractivity contribution in [2.45, 2.75) is 32.4 Å². The van der Waals surface area contributed by atoms with Crippen molar-refractivity contribution in [1.29, 1.82) is 0 Å². The third-order valence-electron chi connectivity index (χ3n) is 5.11. The van der Waals surface area contributed by atoms with Gasteiger partial charge in [0, 0.05) is 25.2 Å². The number of nitrogens with zero attached hydrogens (tertiary/aromatic N) is 3. The number of anilines is 1. The summed E-state index contributed by atoms with van der Waals surface area (Å²) in [5.41, 5.74) is 12.0. The van der Waals surface area contributed by atoms with Crippen molar-refractivity contribution in [3.63, 3.8) is 0 Å². The molecule has 25 heavy (non-hydrogen) atoms. The highest BCUT2D eigenvalue weighted by atomic mass is 16.5. The highest BCUT2D eigenvalue weighted by Crippen LogP contribution is 2.30. The lowest BCUT2D eigenvalue weighted by Crippen LogP contribution is -2.27. The van der Waals surface area contributed by atoms with Gasteiger partial charge in [0.15, 0.2) is 5.82 Å². The molecule has 0 aliphatic carbocycles. The molecule has 1 aromatic carbocycles. The Kier molecular flexibility index (Phi) is 4.31. The SMILES string of the molecule is Cc1cc(-c2cnc(N)c(OC3CCNC3)n2)cc2c1CCN(C)C2. The van der Waals surface area contributed by atoms with Crippen molar-refractivity contribution < 1.29 is 4.74 Å². The Labute approximate surface area is 148 Å². The number of hydrogen-bond acceptors (Lipinski definition) is 6. The maximum atomic E-state index is 5.98. The number of likely N-dealkylation sites (N-methyl/N-ethyl adjacent to an activating group) is 1. The van der Waals surface area contributed by atoms with Crippen molar-refractivity contribution in [3.05, 3.63) is 35.0 Å². The number of nitrogens with one attached hydrogen (secondary N) is 1. The van der Waals surface area contributed by atoms with Crippen LogP contribution in [0.2, 0.25) is 0 Å². The van der Waals surface area contributed by atoms with Crippen LogP contribution in [0.15, 0.2) is 18.3 Å². The van der Waals surface area contributed by atoms with E-state index in [1.54, 1.807) is 6.20 Å². The van der Waals surface area contributed by atoms with Crippen molar-refractivity contribution in [2.24, 2.45) is 0 Å². The van der Waals surface area contributed by atoms with Gasteiger partial charge in [-0.05, 0) is 62.2 Å². The summed E-state index contributed by atoms with van der Waals surface area (Å²) in [6.07, 6.45) is 3.93. The van der Waals surface area contributed by atoms with Crippen LogP contribution in [-0.2, 0) is 13.0 Å². The van der Waals surface area contributed by atoms with Crippen LogP contribution >= 0.6 is 0 Å². The maximum Gasteiger partial charge on any atom is 0.258 e. The minimum absolute atomic E-state index is 0.116. The fraction of sp³-hybridized carbons (Fsp3) is 0.474. The fourth-order valence-corrected chi connectivity index (χ4v) is 3.70. The molecule has 2 aliphatic heterocycles. The highest BCUT2D eigenvalue weighted by molar-refractivity contribution is 5.64. The molecule has 2 aromatic rings. The van der Waals surface area contributed by atoms with Crippen LogP contribution < -0.4 is 15.8 Å². The van der Waals surface area contributed by atoms with Gasteiger partial charge in [0.05, 0.1) is 11.9 Å². The number of hydrogen-bond donors (Lipinski definition) is 2. The second-order valence-electron chi connectivity index (χ2n) is 7.10. The van der Waals surface area contributed by atoms with Gasteiger partial charge in [-0.15, -0.1) is 0 Å². The summed E-state index contributed by atoms with van der Waals surface area (Å²) < 4.78 is 5.96. The van der Waals surface area contributed by atoms with Crippen LogP contribution in [-0.4, -0.2) is 47.7 Å². The molecular formula is C19H25N5O. The van der Waals surface area contributed by atoms with E-state index in [9.17, 15) is 0 Å². The van der Waals surface area contributed by atoms with E-state index >= 15 is 0 Å². The molecule has 0 bridgehead atoms. The van der Waals surface area contributed by atoms with Crippen LogP contribution in [0.4, 0.5) is 5.82 Å². The summed E-state index contributed by atoms with van der Waals surface area (Å²) >= 11 is 0. The zero-order valence-electron chi connectivity index (χ0n) is 14.9. The van der Waals surface area contributed by atoms with E-state index in [0.29, 0.717) is 11.7 Å². The normalized spacial score (nSPS) is 20.5. The van der Waals surface area contributed by atoms with Gasteiger partial charge < -0.3 is 20.7 Å². The number of nitrogens with two attached hydrogens (primary N) is 1. The first kappa shape index (κ1) is 16.3. The number of aromatic nitrogens is 2. The molecule has 0 saturated carbocycles. The third kappa shape index (κ3) is 3.32. The van der Waals surface area contributed by atoms with Gasteiger partial charge in [-0.3, -0.25) is 0 Å². The van der Waals surface area contributed by atoms with Crippen LogP contribution in [0.25, 0.3) is 11.3 Å². The van der Waals surface area contributed by atoms with Crippen LogP contribution in [0, 0.1) is 6.92 Å². The zero-order valence-corrected chi connectivity index (χ0v) is 14.9. The minimum atomic E-state index is 0.116. The Hall–Kier alpha value is -2.18. The molecule has 3 N–H and O–H groups in total. The molecule has 1 fully saturated rings. The molecule has 4 rings (SSSR count). The Morgan fingerprint density at radius 1 is 1.36 bits per heavy atom. The number of benzene rings is 1. The summed E-state index contributed by atoms with van der Waals surface area (Å²) in [6.45, 7) is 6.07. The van der Waals surface area contributed by atoms with E-state index in [0.717, 1.165) is 50.3 Å². The largest absolute Gasteiger partial charge is 0.470 e. The Morgan fingerprint density at radius 3 is 3.04 bits per heavy atom. The first-order valence-electron chi connectivity index (χ1n) is 8.91. The average Bonchev–Trinajstić information content (AvgIpc) is 3.09. The second-order valence-corrected chi connectivity index (χ2v) is 7.10. The van der Waals surface area contributed by atoms with Gasteiger partial charge in [-0.1, -0.05) is 0 Å². The molecule has 1 saturated heterocycles. The van der Waals surface area contributed by atoms with Crippen molar-refractivity contribution in [3.8, 4) is 17.1 Å². The summed E-state index contributed by atoms with van der Waals surface area (Å²) in [6, 6.07) is 4.43. The van der Waals surface area contributed by atoms with Crippen molar-refractivity contribution in [1.82, 2.24) is 20.2 Å². The summed E-state index contributed by atoms with van der Waals surface area (Å²) in [5, 5.41) is 3.29. The van der Waals surface area contributed by atoms with Gasteiger partial charge in [0.1, 0.15) is 6.10 Å². The van der Waals surface area contributed by atoms with Gasteiger partial charge >= 0.3 is 0 Å². The average molecular weight is 339 g/mol. The molecule has 6 nitrogen and oxygen atoms in total. The molecule has 0 amide bonds. The van der Waals surface area contributed by atoms with E-state index in [1.807, 2.05) is 0 Å². The lowest BCUT2D eigenvalue weighted by molar-refractivity contribution is 0.215. The van der Waals surface area contributed by atoms with Crippen LogP contribution in [0.1, 0.15) is 23.1 Å². The monoisotopic (exact) mass is 339 g/mol. The quantitative estimate of drug-likeness (QED) is 0.887. The topological polar surface area (TPSA) is 76.3 Å². The lowest BCUT2D eigenvalue weighted by atomic mass is 9.92. The van der Waals surface area contributed by atoms with Crippen molar-refractivity contribution >= 4 is 5.82 Å². The molecule has 0 radical (unpaired) electrons. The molecule has 0 spiro atoms. The minimum Gasteiger partial charge on any atom is -0.470 e. The predicted molar refractivity (Wildman–Crippen MR) is 98.6 cm³/mol. The fourth-order valence-electron chi connectivity index (χ4n) is 3.70. The smallest absolute Gasteiger partial charge is 0.258 e. The highest BCUT2D eigenvalue weighted by Gasteiger charge is 2.20. The molecule has 132 valence electrons. The maximum absolute atomic E-state index is 5.98. The first-order chi connectivity index (χ1) is 12.1. The molecule has 1 aromatic heterocycles. The molecule has 2 aliphatic rings. The van der Waals surface area contributed by atoms with Crippen LogP contribution in [0.3, 0.4) is 0 Å². The number of ether oxygens (including phenoxy) is 1. The van der Waals surface area contributed by atoms with E-state index in [4.69, 9.17) is 10.5 Å². The first-order valence-corrected chi connectivity index (χ1v) is 8.91. The van der Waals surface area contributed by atoms with Gasteiger partial charge in [-0.25, -0.2) is 9.97 Å². The predicted octanol–water partition coefficient (Wildman–Crippen LogP) is 1.76. The van der Waals surface area contributed by atoms with E-state index in [-0.39, 0.29) is 6.10 Å². The standard InChI is InChI=1S/C19H25N5O/c1-12-7-13(8-14-11-24(2)6-4-16(12)14)17-10-22-18(20)19(23-17)25-15-3-5-21-9-15/h7-8,10,15,21H,3-6,9,11H2,1-2H3,(H2,20,22). The Balaban J connectivity index is 1.67. The summed E-state index contributed by atoms with van der Waals surface area (Å²) in [7, 11) is 2.16. The van der Waals surface area contributed by atoms with Gasteiger partial charge in [-0.2, -0.15) is 0 Å². The third-order valence-corrected chi connectivity index (χ3v) is 5.11. The van der Waals surface area contributed by atoms with Crippen molar-refractivity contribution in [2.75, 3.05) is 32.4 Å². The summed E-state index contributed by atoms with van der Waals surface area (Å²) in [5.74, 6) is 0.795. The molecule has 1 unspecified atom stereocenters. The molecule has 6 heteroatoms. The second kappa shape index (κ2) is 6.61. The number of aryl methyl sites for hydroxylation is 1. The molecule has 1 atom stereocenters. The van der Waals surface area contributed by atoms with E-state index in [2.05, 4.69) is 46.3 Å². The number of rotatable bonds is 3. The number of fused-ring (bicyclic) bond motifs is 1. The Bertz CT molecular complexity index is 786. The molecule has 3 heterocycles. The lowest BCUT2D eigenvalue weighted by Gasteiger charge is -2.27. The van der Waals surface area contributed by atoms with Gasteiger partial charge in [0.2, 0.25) is 0 Å². The van der Waals surface area contributed by atoms with E-state index < -0.39 is 0 Å².